The number of likely N-dealkylation sites (tertiary alicyclic amines) is 1. The Bertz CT molecular complexity index is 341. The summed E-state index contributed by atoms with van der Waals surface area (Å²) in [5.41, 5.74) is 7.17. The molecule has 1 aromatic rings. The van der Waals surface area contributed by atoms with Crippen molar-refractivity contribution in [3.05, 3.63) is 34.3 Å². The Balaban J connectivity index is 1.85. The fourth-order valence-corrected chi connectivity index (χ4v) is 2.22. The summed E-state index contributed by atoms with van der Waals surface area (Å²) in [6.07, 6.45) is 0.161. The molecule has 16 heavy (non-hydrogen) atoms. The summed E-state index contributed by atoms with van der Waals surface area (Å²) < 4.78 is 6.92. The predicted octanol–water partition coefficient (Wildman–Crippen LogP) is 1.61. The third-order valence-corrected chi connectivity index (χ3v) is 3.40. The van der Waals surface area contributed by atoms with Gasteiger partial charge in [0.15, 0.2) is 0 Å². The number of nitrogens with zero attached hydrogens (tertiary/aromatic N) is 1. The van der Waals surface area contributed by atoms with Gasteiger partial charge in [-0.25, -0.2) is 0 Å². The van der Waals surface area contributed by atoms with E-state index in [9.17, 15) is 0 Å². The molecule has 1 aliphatic rings. The highest BCUT2D eigenvalue weighted by atomic mass is 79.9. The Kier molecular flexibility index (Phi) is 3.97. The molecule has 0 radical (unpaired) electrons. The van der Waals surface area contributed by atoms with Crippen molar-refractivity contribution in [1.82, 2.24) is 4.90 Å². The molecule has 0 amide bonds. The summed E-state index contributed by atoms with van der Waals surface area (Å²) in [5.74, 6) is 0. The van der Waals surface area contributed by atoms with Crippen LogP contribution in [0.2, 0.25) is 0 Å². The number of benzene rings is 1. The summed E-state index contributed by atoms with van der Waals surface area (Å²) in [6, 6.07) is 8.32. The zero-order valence-electron chi connectivity index (χ0n) is 9.40. The Hall–Kier alpha value is -0.420. The molecule has 1 aromatic carbocycles. The summed E-state index contributed by atoms with van der Waals surface area (Å²) in [4.78, 5) is 2.21. The maximum absolute atomic E-state index is 5.98. The van der Waals surface area contributed by atoms with Gasteiger partial charge in [0.25, 0.3) is 0 Å². The van der Waals surface area contributed by atoms with Crippen LogP contribution in [0, 0.1) is 0 Å². The van der Waals surface area contributed by atoms with Crippen molar-refractivity contribution in [1.29, 1.82) is 0 Å². The van der Waals surface area contributed by atoms with Crippen LogP contribution < -0.4 is 5.73 Å². The molecule has 88 valence electrons. The summed E-state index contributed by atoms with van der Waals surface area (Å²) in [6.45, 7) is 2.49. The van der Waals surface area contributed by atoms with E-state index in [4.69, 9.17) is 10.5 Å². The summed E-state index contributed by atoms with van der Waals surface area (Å²) >= 11 is 3.41. The molecule has 0 aromatic heterocycles. The van der Waals surface area contributed by atoms with Crippen LogP contribution in [0.4, 0.5) is 0 Å². The second kappa shape index (κ2) is 5.27. The first-order valence-corrected chi connectivity index (χ1v) is 6.24. The molecule has 0 aliphatic carbocycles. The van der Waals surface area contributed by atoms with Gasteiger partial charge < -0.3 is 15.4 Å². The largest absolute Gasteiger partial charge is 0.371 e. The second-order valence-electron chi connectivity index (χ2n) is 4.36. The first-order chi connectivity index (χ1) is 7.65. The van der Waals surface area contributed by atoms with E-state index in [0.717, 1.165) is 17.6 Å². The number of hydrogen-bond acceptors (Lipinski definition) is 3. The maximum Gasteiger partial charge on any atom is 0.0869 e. The highest BCUT2D eigenvalue weighted by molar-refractivity contribution is 9.10. The van der Waals surface area contributed by atoms with Crippen LogP contribution in [0.1, 0.15) is 5.56 Å². The number of ether oxygens (including phenoxy) is 1. The lowest BCUT2D eigenvalue weighted by atomic mass is 10.2. The predicted molar refractivity (Wildman–Crippen MR) is 68.2 cm³/mol. The Morgan fingerprint density at radius 1 is 1.38 bits per heavy atom. The molecule has 0 unspecified atom stereocenters. The van der Waals surface area contributed by atoms with Crippen LogP contribution in [0.3, 0.4) is 0 Å². The first-order valence-electron chi connectivity index (χ1n) is 5.45. The minimum atomic E-state index is 0.139. The van der Waals surface area contributed by atoms with Crippen molar-refractivity contribution >= 4 is 15.9 Å². The van der Waals surface area contributed by atoms with E-state index < -0.39 is 0 Å². The number of rotatable bonds is 3. The average Bonchev–Trinajstić information content (AvgIpc) is 2.57. The van der Waals surface area contributed by atoms with Gasteiger partial charge in [-0.15, -0.1) is 0 Å². The number of nitrogens with two attached hydrogens (primary N) is 1. The van der Waals surface area contributed by atoms with Gasteiger partial charge in [0.1, 0.15) is 0 Å². The van der Waals surface area contributed by atoms with Gasteiger partial charge in [-0.3, -0.25) is 0 Å². The van der Waals surface area contributed by atoms with E-state index in [1.807, 2.05) is 12.1 Å². The molecule has 2 rings (SSSR count). The molecule has 1 aliphatic heterocycles. The topological polar surface area (TPSA) is 38.5 Å². The van der Waals surface area contributed by atoms with Crippen molar-refractivity contribution < 1.29 is 4.74 Å². The number of hydrogen-bond donors (Lipinski definition) is 1. The van der Waals surface area contributed by atoms with E-state index in [1.165, 1.54) is 5.56 Å². The van der Waals surface area contributed by atoms with Crippen LogP contribution in [0.25, 0.3) is 0 Å². The van der Waals surface area contributed by atoms with Crippen molar-refractivity contribution in [2.24, 2.45) is 5.73 Å². The third-order valence-electron chi connectivity index (χ3n) is 2.87. The lowest BCUT2D eigenvalue weighted by molar-refractivity contribution is 0.0400. The SMILES string of the molecule is CN1C[C@H](OCc2ccc(Br)cc2)[C@@H](N)C1. The second-order valence-corrected chi connectivity index (χ2v) is 5.28. The molecule has 1 fully saturated rings. The smallest absolute Gasteiger partial charge is 0.0869 e. The zero-order valence-corrected chi connectivity index (χ0v) is 11.0. The Morgan fingerprint density at radius 3 is 2.62 bits per heavy atom. The quantitative estimate of drug-likeness (QED) is 0.917. The van der Waals surface area contributed by atoms with E-state index in [2.05, 4.69) is 40.0 Å². The molecule has 0 saturated carbocycles. The van der Waals surface area contributed by atoms with Gasteiger partial charge in [-0.05, 0) is 24.7 Å². The van der Waals surface area contributed by atoms with Gasteiger partial charge in [0.05, 0.1) is 12.7 Å². The lowest BCUT2D eigenvalue weighted by Crippen LogP contribution is -2.35. The van der Waals surface area contributed by atoms with Crippen molar-refractivity contribution in [2.75, 3.05) is 20.1 Å². The number of halogens is 1. The van der Waals surface area contributed by atoms with Gasteiger partial charge in [-0.1, -0.05) is 28.1 Å². The molecular formula is C12H17BrN2O. The molecular weight excluding hydrogens is 268 g/mol. The van der Waals surface area contributed by atoms with Crippen molar-refractivity contribution in [2.45, 2.75) is 18.8 Å². The van der Waals surface area contributed by atoms with E-state index in [0.29, 0.717) is 6.61 Å². The zero-order chi connectivity index (χ0) is 11.5. The molecule has 4 heteroatoms. The monoisotopic (exact) mass is 284 g/mol. The summed E-state index contributed by atoms with van der Waals surface area (Å²) in [5, 5.41) is 0. The molecule has 1 heterocycles. The van der Waals surface area contributed by atoms with Crippen LogP contribution in [-0.4, -0.2) is 37.2 Å². The average molecular weight is 285 g/mol. The van der Waals surface area contributed by atoms with Crippen LogP contribution in [0.15, 0.2) is 28.7 Å². The normalized spacial score (nSPS) is 26.2. The van der Waals surface area contributed by atoms with E-state index >= 15 is 0 Å². The highest BCUT2D eigenvalue weighted by Gasteiger charge is 2.28. The minimum Gasteiger partial charge on any atom is -0.371 e. The molecule has 0 spiro atoms. The van der Waals surface area contributed by atoms with Crippen LogP contribution >= 0.6 is 15.9 Å². The van der Waals surface area contributed by atoms with Crippen LogP contribution in [0.5, 0.6) is 0 Å². The Labute approximate surface area is 105 Å². The fraction of sp³-hybridized carbons (Fsp3) is 0.500. The third kappa shape index (κ3) is 3.04. The minimum absolute atomic E-state index is 0.139. The van der Waals surface area contributed by atoms with Gasteiger partial charge in [0, 0.05) is 23.6 Å². The van der Waals surface area contributed by atoms with E-state index in [-0.39, 0.29) is 12.1 Å². The lowest BCUT2D eigenvalue weighted by Gasteiger charge is -2.15. The van der Waals surface area contributed by atoms with Crippen molar-refractivity contribution in [3.8, 4) is 0 Å². The fourth-order valence-electron chi connectivity index (χ4n) is 1.95. The number of likely N-dealkylation sites (N-methyl/N-ethyl adjacent to an activating group) is 1. The van der Waals surface area contributed by atoms with Gasteiger partial charge in [-0.2, -0.15) is 0 Å². The standard InChI is InChI=1S/C12H17BrN2O/c1-15-6-11(14)12(7-15)16-8-9-2-4-10(13)5-3-9/h2-5,11-12H,6-8,14H2,1H3/t11-,12-/m0/s1. The molecule has 2 atom stereocenters. The molecule has 1 saturated heterocycles. The Morgan fingerprint density at radius 2 is 2.06 bits per heavy atom. The van der Waals surface area contributed by atoms with Crippen LogP contribution in [-0.2, 0) is 11.3 Å². The summed E-state index contributed by atoms with van der Waals surface area (Å²) in [7, 11) is 2.07. The molecule has 2 N–H and O–H groups in total. The highest BCUT2D eigenvalue weighted by Crippen LogP contribution is 2.14. The van der Waals surface area contributed by atoms with Gasteiger partial charge >= 0.3 is 0 Å². The first kappa shape index (κ1) is 12.0. The van der Waals surface area contributed by atoms with Crippen molar-refractivity contribution in [3.63, 3.8) is 0 Å². The molecule has 3 nitrogen and oxygen atoms in total. The van der Waals surface area contributed by atoms with E-state index in [1.54, 1.807) is 0 Å². The molecule has 0 bridgehead atoms. The van der Waals surface area contributed by atoms with Gasteiger partial charge in [0.2, 0.25) is 0 Å². The maximum atomic E-state index is 5.98.